The molecule has 0 aromatic carbocycles. The van der Waals surface area contributed by atoms with Crippen LogP contribution < -0.4 is 10.7 Å². The fourth-order valence-corrected chi connectivity index (χ4v) is 3.07. The lowest BCUT2D eigenvalue weighted by molar-refractivity contribution is -0.0508. The van der Waals surface area contributed by atoms with E-state index in [1.807, 2.05) is 0 Å². The first-order valence-electron chi connectivity index (χ1n) is 7.09. The third-order valence-electron chi connectivity index (χ3n) is 4.22. The van der Waals surface area contributed by atoms with Gasteiger partial charge in [-0.1, -0.05) is 0 Å². The zero-order valence-corrected chi connectivity index (χ0v) is 12.2. The summed E-state index contributed by atoms with van der Waals surface area (Å²) in [5.41, 5.74) is 7.10. The molecule has 0 unspecified atom stereocenters. The molecule has 23 heavy (non-hydrogen) atoms. The Balaban J connectivity index is 1.89. The quantitative estimate of drug-likeness (QED) is 0.503. The third kappa shape index (κ3) is 1.86. The zero-order valence-electron chi connectivity index (χ0n) is 12.2. The normalized spacial score (nSPS) is 30.1. The van der Waals surface area contributed by atoms with Crippen LogP contribution in [-0.2, 0) is 4.74 Å². The van der Waals surface area contributed by atoms with Gasteiger partial charge in [0.15, 0.2) is 17.9 Å². The minimum absolute atomic E-state index is 0.297. The summed E-state index contributed by atoms with van der Waals surface area (Å²) >= 11 is 0. The molecule has 0 amide bonds. The van der Waals surface area contributed by atoms with Crippen molar-refractivity contribution in [3.63, 3.8) is 0 Å². The summed E-state index contributed by atoms with van der Waals surface area (Å²) in [5, 5.41) is 35.9. The minimum Gasteiger partial charge on any atom is -0.394 e. The summed E-state index contributed by atoms with van der Waals surface area (Å²) in [6.45, 7) is -0.395. The smallest absolute Gasteiger partial charge is 0.164 e. The molecule has 2 aromatic rings. The number of aromatic nitrogens is 3. The number of nitrogens with two attached hydrogens (primary N) is 1. The number of anilines is 1. The molecule has 4 heterocycles. The molecule has 2 aliphatic heterocycles. The molecule has 0 spiro atoms. The maximum Gasteiger partial charge on any atom is 0.164 e. The summed E-state index contributed by atoms with van der Waals surface area (Å²) in [4.78, 5) is 8.45. The number of rotatable bonds is 2. The van der Waals surface area contributed by atoms with E-state index in [4.69, 9.17) is 10.5 Å². The van der Waals surface area contributed by atoms with Crippen LogP contribution in [0.1, 0.15) is 11.8 Å². The van der Waals surface area contributed by atoms with Gasteiger partial charge in [0.25, 0.3) is 0 Å². The van der Waals surface area contributed by atoms with E-state index in [1.54, 1.807) is 22.8 Å². The highest BCUT2D eigenvalue weighted by atomic mass is 16.6. The predicted octanol–water partition coefficient (Wildman–Crippen LogP) is -1.89. The van der Waals surface area contributed by atoms with E-state index in [9.17, 15) is 15.3 Å². The molecule has 0 radical (unpaired) electrons. The van der Waals surface area contributed by atoms with Gasteiger partial charge in [-0.3, -0.25) is 0 Å². The Bertz CT molecular complexity index is 805. The number of hydrogen-bond donors (Lipinski definition) is 4. The lowest BCUT2D eigenvalue weighted by Gasteiger charge is -2.19. The third-order valence-corrected chi connectivity index (χ3v) is 4.22. The number of aliphatic hydroxyl groups excluding tert-OH is 3. The molecule has 2 aliphatic rings. The van der Waals surface area contributed by atoms with Crippen LogP contribution in [0.15, 0.2) is 17.6 Å². The number of nitrogens with zero attached hydrogens (tertiary/aromatic N) is 5. The van der Waals surface area contributed by atoms with Crippen molar-refractivity contribution in [1.29, 1.82) is 0 Å². The number of ether oxygens (including phenoxy) is 1. The lowest BCUT2D eigenvalue weighted by Crippen LogP contribution is -2.33. The Morgan fingerprint density at radius 1 is 1.30 bits per heavy atom. The first-order valence-corrected chi connectivity index (χ1v) is 7.09. The van der Waals surface area contributed by atoms with Gasteiger partial charge >= 0.3 is 0 Å². The first-order chi connectivity index (χ1) is 11.0. The van der Waals surface area contributed by atoms with E-state index in [1.165, 1.54) is 6.33 Å². The van der Waals surface area contributed by atoms with Crippen LogP contribution in [0.4, 0.5) is 5.82 Å². The van der Waals surface area contributed by atoms with Gasteiger partial charge in [0, 0.05) is 18.8 Å². The van der Waals surface area contributed by atoms with Gasteiger partial charge in [-0.25, -0.2) is 15.0 Å². The van der Waals surface area contributed by atoms with E-state index in [0.717, 1.165) is 0 Å². The number of hydrogen-bond acceptors (Lipinski definition) is 9. The van der Waals surface area contributed by atoms with Crippen LogP contribution in [-0.4, -0.2) is 67.7 Å². The van der Waals surface area contributed by atoms with Crippen molar-refractivity contribution in [3.8, 4) is 0 Å². The summed E-state index contributed by atoms with van der Waals surface area (Å²) in [6.07, 6.45) is -1.10. The number of hydrazone groups is 1. The predicted molar refractivity (Wildman–Crippen MR) is 79.7 cm³/mol. The van der Waals surface area contributed by atoms with Crippen molar-refractivity contribution in [3.05, 3.63) is 18.1 Å². The molecular formula is C13H16N6O4. The lowest BCUT2D eigenvalue weighted by atomic mass is 10.1. The highest BCUT2D eigenvalue weighted by molar-refractivity contribution is 6.13. The Hall–Kier alpha value is -2.27. The molecule has 10 nitrogen and oxygen atoms in total. The standard InChI is InChI=1S/C13H16N6O4/c1-18-11-7-5(10(14)17-18)2-19(12(7)16-4-15-11)13-9(22)8(21)6(3-20)23-13/h2,4,6,8-9,13,20-22H,3H2,1H3,(H2,14,17)/t6-,8-,9-,13+/m0/s1. The van der Waals surface area contributed by atoms with Gasteiger partial charge in [0.1, 0.15) is 30.3 Å². The number of aliphatic hydroxyl groups is 3. The van der Waals surface area contributed by atoms with Gasteiger partial charge in [-0.05, 0) is 0 Å². The van der Waals surface area contributed by atoms with Crippen molar-refractivity contribution in [1.82, 2.24) is 14.5 Å². The van der Waals surface area contributed by atoms with E-state index in [-0.39, 0.29) is 0 Å². The topological polar surface area (TPSA) is 142 Å². The van der Waals surface area contributed by atoms with Crippen molar-refractivity contribution in [2.45, 2.75) is 24.5 Å². The van der Waals surface area contributed by atoms with Crippen molar-refractivity contribution in [2.24, 2.45) is 10.8 Å². The van der Waals surface area contributed by atoms with Crippen LogP contribution in [0, 0.1) is 0 Å². The maximum atomic E-state index is 10.2. The van der Waals surface area contributed by atoms with Crippen LogP contribution in [0.3, 0.4) is 0 Å². The van der Waals surface area contributed by atoms with E-state index in [2.05, 4.69) is 15.1 Å². The summed E-state index contributed by atoms with van der Waals surface area (Å²) in [5.74, 6) is 0.884. The molecule has 5 N–H and O–H groups in total. The Morgan fingerprint density at radius 2 is 2.09 bits per heavy atom. The average molecular weight is 320 g/mol. The molecule has 1 fully saturated rings. The SMILES string of the molecule is CN1N=C(N)c2cn([C@@H]3O[C@@H](CO)[C@H](O)[C@@H]3O)c3ncnc1c23. The second-order valence-corrected chi connectivity index (χ2v) is 5.58. The number of amidine groups is 1. The summed E-state index contributed by atoms with van der Waals surface area (Å²) in [6, 6.07) is 0. The largest absolute Gasteiger partial charge is 0.394 e. The molecule has 10 heteroatoms. The van der Waals surface area contributed by atoms with Crippen LogP contribution in [0.5, 0.6) is 0 Å². The van der Waals surface area contributed by atoms with E-state index >= 15 is 0 Å². The van der Waals surface area contributed by atoms with Crippen LogP contribution in [0.2, 0.25) is 0 Å². The Labute approximate surface area is 130 Å². The Morgan fingerprint density at radius 3 is 2.78 bits per heavy atom. The highest BCUT2D eigenvalue weighted by Gasteiger charge is 2.44. The van der Waals surface area contributed by atoms with Gasteiger partial charge in [0.2, 0.25) is 0 Å². The van der Waals surface area contributed by atoms with Crippen molar-refractivity contribution in [2.75, 3.05) is 18.7 Å². The van der Waals surface area contributed by atoms with Crippen LogP contribution in [0.25, 0.3) is 11.0 Å². The minimum atomic E-state index is -1.20. The fraction of sp³-hybridized carbons (Fsp3) is 0.462. The van der Waals surface area contributed by atoms with E-state index < -0.39 is 31.1 Å². The fourth-order valence-electron chi connectivity index (χ4n) is 3.07. The van der Waals surface area contributed by atoms with Gasteiger partial charge in [-0.15, -0.1) is 0 Å². The molecule has 4 rings (SSSR count). The molecule has 4 atom stereocenters. The molecular weight excluding hydrogens is 304 g/mol. The molecule has 0 saturated carbocycles. The van der Waals surface area contributed by atoms with Gasteiger partial charge in [-0.2, -0.15) is 5.10 Å². The molecule has 122 valence electrons. The van der Waals surface area contributed by atoms with E-state index in [0.29, 0.717) is 28.3 Å². The average Bonchev–Trinajstić information content (AvgIpc) is 3.05. The molecule has 1 saturated heterocycles. The Kier molecular flexibility index (Phi) is 3.03. The second-order valence-electron chi connectivity index (χ2n) is 5.58. The zero-order chi connectivity index (χ0) is 16.3. The molecule has 0 bridgehead atoms. The van der Waals surface area contributed by atoms with Gasteiger partial charge < -0.3 is 30.4 Å². The van der Waals surface area contributed by atoms with Crippen LogP contribution >= 0.6 is 0 Å². The second kappa shape index (κ2) is 4.86. The summed E-state index contributed by atoms with van der Waals surface area (Å²) < 4.78 is 7.15. The maximum absolute atomic E-state index is 10.2. The highest BCUT2D eigenvalue weighted by Crippen LogP contribution is 2.36. The molecule has 2 aromatic heterocycles. The monoisotopic (exact) mass is 320 g/mol. The van der Waals surface area contributed by atoms with Gasteiger partial charge in [0.05, 0.1) is 12.0 Å². The summed E-state index contributed by atoms with van der Waals surface area (Å²) in [7, 11) is 1.72. The van der Waals surface area contributed by atoms with Crippen molar-refractivity contribution < 1.29 is 20.1 Å². The van der Waals surface area contributed by atoms with Crippen molar-refractivity contribution >= 4 is 22.7 Å². The first kappa shape index (κ1) is 14.3. The molecule has 0 aliphatic carbocycles.